The molecule has 2 rings (SSSR count). The van der Waals surface area contributed by atoms with Crippen molar-refractivity contribution in [1.82, 2.24) is 5.32 Å². The minimum Gasteiger partial charge on any atom is -0.481 e. The van der Waals surface area contributed by atoms with E-state index in [1.165, 1.54) is 6.42 Å². The number of carboxylic acids is 1. The second-order valence-electron chi connectivity index (χ2n) is 5.02. The van der Waals surface area contributed by atoms with E-state index in [1.54, 1.807) is 12.2 Å². The Morgan fingerprint density at radius 1 is 1.12 bits per heavy atom. The molecule has 0 spiro atoms. The maximum absolute atomic E-state index is 11.9. The van der Waals surface area contributed by atoms with Gasteiger partial charge in [0.05, 0.1) is 5.92 Å². The standard InChI is InChI=1S/C13H19NO3/c15-12(9-4-2-1-3-5-9)14-11-7-6-10(8-11)13(16)17/h6-7,9-11H,1-5,8H2,(H,14,15)(H,16,17). The van der Waals surface area contributed by atoms with Crippen LogP contribution in [0.3, 0.4) is 0 Å². The second kappa shape index (κ2) is 5.34. The van der Waals surface area contributed by atoms with Crippen molar-refractivity contribution in [2.75, 3.05) is 0 Å². The minimum atomic E-state index is -0.810. The zero-order chi connectivity index (χ0) is 12.3. The van der Waals surface area contributed by atoms with E-state index in [0.29, 0.717) is 6.42 Å². The van der Waals surface area contributed by atoms with Crippen molar-refractivity contribution >= 4 is 11.9 Å². The van der Waals surface area contributed by atoms with E-state index in [4.69, 9.17) is 5.11 Å². The number of nitrogens with one attached hydrogen (secondary N) is 1. The van der Waals surface area contributed by atoms with Crippen molar-refractivity contribution < 1.29 is 14.7 Å². The average molecular weight is 237 g/mol. The van der Waals surface area contributed by atoms with Crippen LogP contribution in [0.15, 0.2) is 12.2 Å². The highest BCUT2D eigenvalue weighted by Gasteiger charge is 2.28. The van der Waals surface area contributed by atoms with Gasteiger partial charge in [-0.15, -0.1) is 0 Å². The van der Waals surface area contributed by atoms with Gasteiger partial charge in [-0.05, 0) is 19.3 Å². The Hall–Kier alpha value is -1.32. The molecule has 2 atom stereocenters. The first kappa shape index (κ1) is 12.1. The van der Waals surface area contributed by atoms with Gasteiger partial charge in [0.15, 0.2) is 0 Å². The molecule has 0 radical (unpaired) electrons. The van der Waals surface area contributed by atoms with Crippen LogP contribution in [-0.4, -0.2) is 23.0 Å². The van der Waals surface area contributed by atoms with Gasteiger partial charge in [-0.1, -0.05) is 31.4 Å². The van der Waals surface area contributed by atoms with Gasteiger partial charge in [-0.2, -0.15) is 0 Å². The van der Waals surface area contributed by atoms with Crippen LogP contribution in [0.5, 0.6) is 0 Å². The topological polar surface area (TPSA) is 66.4 Å². The Morgan fingerprint density at radius 3 is 2.41 bits per heavy atom. The zero-order valence-corrected chi connectivity index (χ0v) is 9.89. The van der Waals surface area contributed by atoms with E-state index >= 15 is 0 Å². The van der Waals surface area contributed by atoms with Gasteiger partial charge in [-0.25, -0.2) is 0 Å². The van der Waals surface area contributed by atoms with E-state index < -0.39 is 11.9 Å². The highest BCUT2D eigenvalue weighted by atomic mass is 16.4. The lowest BCUT2D eigenvalue weighted by atomic mass is 9.88. The summed E-state index contributed by atoms with van der Waals surface area (Å²) in [6.45, 7) is 0. The SMILES string of the molecule is O=C(O)C1C=CC(NC(=O)C2CCCCC2)C1. The molecule has 2 unspecified atom stereocenters. The molecule has 4 heteroatoms. The van der Waals surface area contributed by atoms with Crippen LogP contribution in [0, 0.1) is 11.8 Å². The molecule has 1 amide bonds. The molecule has 0 bridgehead atoms. The molecule has 0 aromatic heterocycles. The summed E-state index contributed by atoms with van der Waals surface area (Å²) in [5.41, 5.74) is 0. The van der Waals surface area contributed by atoms with Crippen LogP contribution in [0.2, 0.25) is 0 Å². The van der Waals surface area contributed by atoms with Crippen molar-refractivity contribution in [1.29, 1.82) is 0 Å². The number of rotatable bonds is 3. The number of carbonyl (C=O) groups excluding carboxylic acids is 1. The summed E-state index contributed by atoms with van der Waals surface area (Å²) in [7, 11) is 0. The van der Waals surface area contributed by atoms with Crippen LogP contribution in [-0.2, 0) is 9.59 Å². The largest absolute Gasteiger partial charge is 0.481 e. The summed E-state index contributed by atoms with van der Waals surface area (Å²) >= 11 is 0. The monoisotopic (exact) mass is 237 g/mol. The van der Waals surface area contributed by atoms with Gasteiger partial charge < -0.3 is 10.4 Å². The van der Waals surface area contributed by atoms with Gasteiger partial charge >= 0.3 is 5.97 Å². The van der Waals surface area contributed by atoms with Gasteiger partial charge in [0.1, 0.15) is 0 Å². The number of aliphatic carboxylic acids is 1. The lowest BCUT2D eigenvalue weighted by molar-refractivity contribution is -0.140. The maximum atomic E-state index is 11.9. The van der Waals surface area contributed by atoms with E-state index in [0.717, 1.165) is 25.7 Å². The second-order valence-corrected chi connectivity index (χ2v) is 5.02. The summed E-state index contributed by atoms with van der Waals surface area (Å²) in [4.78, 5) is 22.7. The molecule has 2 N–H and O–H groups in total. The number of carboxylic acid groups (broad SMARTS) is 1. The summed E-state index contributed by atoms with van der Waals surface area (Å²) in [5, 5.41) is 11.8. The first-order valence-electron chi connectivity index (χ1n) is 6.38. The molecule has 0 aliphatic heterocycles. The number of hydrogen-bond acceptors (Lipinski definition) is 2. The fraction of sp³-hybridized carbons (Fsp3) is 0.692. The molecule has 4 nitrogen and oxygen atoms in total. The molecule has 2 aliphatic carbocycles. The lowest BCUT2D eigenvalue weighted by Gasteiger charge is -2.22. The fourth-order valence-corrected chi connectivity index (χ4v) is 2.65. The number of hydrogen-bond donors (Lipinski definition) is 2. The van der Waals surface area contributed by atoms with Gasteiger partial charge in [0, 0.05) is 12.0 Å². The van der Waals surface area contributed by atoms with E-state index in [1.807, 2.05) is 0 Å². The van der Waals surface area contributed by atoms with Crippen molar-refractivity contribution in [3.63, 3.8) is 0 Å². The molecule has 1 fully saturated rings. The first-order valence-corrected chi connectivity index (χ1v) is 6.38. The molecule has 0 heterocycles. The molecule has 0 saturated heterocycles. The molecule has 0 aromatic rings. The van der Waals surface area contributed by atoms with E-state index in [2.05, 4.69) is 5.32 Å². The summed E-state index contributed by atoms with van der Waals surface area (Å²) in [6, 6.07) is -0.0921. The van der Waals surface area contributed by atoms with Crippen LogP contribution in [0.1, 0.15) is 38.5 Å². The average Bonchev–Trinajstić information content (AvgIpc) is 2.79. The van der Waals surface area contributed by atoms with Gasteiger partial charge in [-0.3, -0.25) is 9.59 Å². The Bertz CT molecular complexity index is 332. The summed E-state index contributed by atoms with van der Waals surface area (Å²) in [5.74, 6) is -1.01. The Balaban J connectivity index is 1.80. The van der Waals surface area contributed by atoms with E-state index in [-0.39, 0.29) is 17.9 Å². The van der Waals surface area contributed by atoms with Crippen molar-refractivity contribution in [2.24, 2.45) is 11.8 Å². The fourth-order valence-electron chi connectivity index (χ4n) is 2.65. The quantitative estimate of drug-likeness (QED) is 0.734. The highest BCUT2D eigenvalue weighted by molar-refractivity contribution is 5.80. The van der Waals surface area contributed by atoms with Crippen LogP contribution >= 0.6 is 0 Å². The third-order valence-corrected chi connectivity index (χ3v) is 3.70. The predicted molar refractivity (Wildman–Crippen MR) is 63.4 cm³/mol. The zero-order valence-electron chi connectivity index (χ0n) is 9.89. The molecule has 1 saturated carbocycles. The van der Waals surface area contributed by atoms with Crippen molar-refractivity contribution in [2.45, 2.75) is 44.6 Å². The third-order valence-electron chi connectivity index (χ3n) is 3.70. The normalized spacial score (nSPS) is 29.2. The molecular weight excluding hydrogens is 218 g/mol. The molecule has 94 valence electrons. The molecular formula is C13H19NO3. The molecule has 17 heavy (non-hydrogen) atoms. The Labute approximate surface area is 101 Å². The lowest BCUT2D eigenvalue weighted by Crippen LogP contribution is -2.38. The van der Waals surface area contributed by atoms with Crippen molar-refractivity contribution in [3.05, 3.63) is 12.2 Å². The van der Waals surface area contributed by atoms with Crippen LogP contribution in [0.4, 0.5) is 0 Å². The third kappa shape index (κ3) is 3.08. The maximum Gasteiger partial charge on any atom is 0.310 e. The van der Waals surface area contributed by atoms with E-state index in [9.17, 15) is 9.59 Å². The smallest absolute Gasteiger partial charge is 0.310 e. The van der Waals surface area contributed by atoms with Crippen LogP contribution < -0.4 is 5.32 Å². The van der Waals surface area contributed by atoms with Gasteiger partial charge in [0.2, 0.25) is 5.91 Å². The first-order chi connectivity index (χ1) is 8.16. The Kier molecular flexibility index (Phi) is 3.82. The minimum absolute atomic E-state index is 0.0921. The number of amides is 1. The number of carbonyl (C=O) groups is 2. The predicted octanol–water partition coefficient (Wildman–Crippen LogP) is 1.71. The Morgan fingerprint density at radius 2 is 1.82 bits per heavy atom. The molecule has 2 aliphatic rings. The molecule has 0 aromatic carbocycles. The summed E-state index contributed by atoms with van der Waals surface area (Å²) < 4.78 is 0. The highest BCUT2D eigenvalue weighted by Crippen LogP contribution is 2.25. The summed E-state index contributed by atoms with van der Waals surface area (Å²) in [6.07, 6.45) is 9.43. The van der Waals surface area contributed by atoms with Gasteiger partial charge in [0.25, 0.3) is 0 Å². The van der Waals surface area contributed by atoms with Crippen LogP contribution in [0.25, 0.3) is 0 Å². The van der Waals surface area contributed by atoms with Crippen molar-refractivity contribution in [3.8, 4) is 0 Å².